The molecule has 0 aromatic carbocycles. The molecular weight excluding hydrogens is 288 g/mol. The first-order valence-corrected chi connectivity index (χ1v) is 13.5. The molecule has 0 rings (SSSR count). The van der Waals surface area contributed by atoms with Crippen LogP contribution in [0.5, 0.6) is 0 Å². The van der Waals surface area contributed by atoms with Gasteiger partial charge in [-0.3, -0.25) is 0 Å². The Morgan fingerprint density at radius 2 is 1.60 bits per heavy atom. The molecule has 0 heterocycles. The van der Waals surface area contributed by atoms with Gasteiger partial charge in [-0.15, -0.1) is 0 Å². The fourth-order valence-corrected chi connectivity index (χ4v) is 10.9. The summed E-state index contributed by atoms with van der Waals surface area (Å²) >= 11 is 0. The molecule has 0 aliphatic carbocycles. The van der Waals surface area contributed by atoms with Crippen molar-refractivity contribution < 1.29 is 18.8 Å². The van der Waals surface area contributed by atoms with Gasteiger partial charge >= 0.3 is 5.97 Å². The fourth-order valence-electron chi connectivity index (χ4n) is 2.14. The second-order valence-electron chi connectivity index (χ2n) is 6.47. The van der Waals surface area contributed by atoms with Gasteiger partial charge in [-0.1, -0.05) is 6.58 Å². The third-order valence-electron chi connectivity index (χ3n) is 2.99. The summed E-state index contributed by atoms with van der Waals surface area (Å²) in [5.41, 5.74) is 0.440. The van der Waals surface area contributed by atoms with Crippen LogP contribution in [0.3, 0.4) is 0 Å². The van der Waals surface area contributed by atoms with E-state index in [1.165, 1.54) is 0 Å². The minimum Gasteiger partial charge on any atom is -0.462 e. The van der Waals surface area contributed by atoms with Crippen LogP contribution in [-0.4, -0.2) is 40.9 Å². The summed E-state index contributed by atoms with van der Waals surface area (Å²) in [4.78, 5) is 11.3. The van der Waals surface area contributed by atoms with Gasteiger partial charge < -0.3 is 14.0 Å². The Morgan fingerprint density at radius 3 is 2.05 bits per heavy atom. The van der Waals surface area contributed by atoms with Gasteiger partial charge in [-0.25, -0.2) is 4.79 Å². The molecule has 1 N–H and O–H groups in total. The number of ether oxygens (including phenoxy) is 1. The van der Waals surface area contributed by atoms with E-state index in [0.29, 0.717) is 12.2 Å². The van der Waals surface area contributed by atoms with Crippen molar-refractivity contribution >= 4 is 22.6 Å². The molecule has 0 saturated heterocycles. The summed E-state index contributed by atoms with van der Waals surface area (Å²) in [6, 6.07) is 1.97. The van der Waals surface area contributed by atoms with Crippen molar-refractivity contribution in [1.29, 1.82) is 0 Å². The molecular formula is C14H30O4Si2. The number of hydrogen-bond donors (Lipinski definition) is 1. The molecule has 0 aromatic rings. The van der Waals surface area contributed by atoms with Gasteiger partial charge in [-0.2, -0.15) is 0 Å². The van der Waals surface area contributed by atoms with Crippen LogP contribution in [0.4, 0.5) is 0 Å². The van der Waals surface area contributed by atoms with Crippen molar-refractivity contribution in [3.8, 4) is 0 Å². The first-order chi connectivity index (χ1) is 9.09. The Bertz CT molecular complexity index is 327. The topological polar surface area (TPSA) is 55.8 Å². The lowest BCUT2D eigenvalue weighted by atomic mass is 10.4. The van der Waals surface area contributed by atoms with E-state index in [-0.39, 0.29) is 12.6 Å². The summed E-state index contributed by atoms with van der Waals surface area (Å²) in [5, 5.41) is 8.92. The molecule has 6 heteroatoms. The zero-order valence-electron chi connectivity index (χ0n) is 13.6. The van der Waals surface area contributed by atoms with Crippen molar-refractivity contribution in [3.63, 3.8) is 0 Å². The molecule has 0 aliphatic rings. The lowest BCUT2D eigenvalue weighted by Crippen LogP contribution is -2.44. The first kappa shape index (κ1) is 19.6. The van der Waals surface area contributed by atoms with E-state index in [9.17, 15) is 4.79 Å². The molecule has 0 radical (unpaired) electrons. The standard InChI is InChI=1S/C14H30O4Si2/c1-13(2)14(16)17-10-8-12-20(5,6)18-19(3,4)11-7-9-15/h15H,1,7-12H2,2-6H3. The Kier molecular flexibility index (Phi) is 8.57. The van der Waals surface area contributed by atoms with Crippen LogP contribution < -0.4 is 0 Å². The van der Waals surface area contributed by atoms with Crippen LogP contribution in [0, 0.1) is 0 Å². The summed E-state index contributed by atoms with van der Waals surface area (Å²) < 4.78 is 11.5. The Hall–Kier alpha value is -0.436. The van der Waals surface area contributed by atoms with E-state index in [4.69, 9.17) is 14.0 Å². The van der Waals surface area contributed by atoms with Crippen LogP contribution >= 0.6 is 0 Å². The maximum absolute atomic E-state index is 11.3. The number of esters is 1. The molecule has 0 fully saturated rings. The highest BCUT2D eigenvalue weighted by molar-refractivity contribution is 6.84. The van der Waals surface area contributed by atoms with Crippen molar-refractivity contribution in [3.05, 3.63) is 12.2 Å². The molecule has 118 valence electrons. The molecule has 4 nitrogen and oxygen atoms in total. The molecule has 0 spiro atoms. The highest BCUT2D eigenvalue weighted by Gasteiger charge is 2.32. The summed E-state index contributed by atoms with van der Waals surface area (Å²) in [6.45, 7) is 14.7. The van der Waals surface area contributed by atoms with Crippen molar-refractivity contribution in [2.75, 3.05) is 13.2 Å². The summed E-state index contributed by atoms with van der Waals surface area (Å²) in [6.07, 6.45) is 1.66. The number of aliphatic hydroxyl groups excluding tert-OH is 1. The van der Waals surface area contributed by atoms with E-state index in [1.54, 1.807) is 6.92 Å². The normalized spacial score (nSPS) is 12.3. The van der Waals surface area contributed by atoms with Crippen molar-refractivity contribution in [1.82, 2.24) is 0 Å². The average molecular weight is 319 g/mol. The Labute approximate surface area is 125 Å². The maximum atomic E-state index is 11.3. The zero-order valence-corrected chi connectivity index (χ0v) is 15.6. The highest BCUT2D eigenvalue weighted by Crippen LogP contribution is 2.23. The summed E-state index contributed by atoms with van der Waals surface area (Å²) in [7, 11) is -3.40. The third-order valence-corrected chi connectivity index (χ3v) is 10.5. The lowest BCUT2D eigenvalue weighted by Gasteiger charge is -2.34. The molecule has 0 unspecified atom stereocenters. The SMILES string of the molecule is C=C(C)C(=O)OCCC[Si](C)(C)O[Si](C)(C)CCCO. The minimum absolute atomic E-state index is 0.235. The molecule has 0 aromatic heterocycles. The van der Waals surface area contributed by atoms with Gasteiger partial charge in [-0.05, 0) is 58.0 Å². The number of carbonyl (C=O) groups is 1. The van der Waals surface area contributed by atoms with Crippen LogP contribution in [0.15, 0.2) is 12.2 Å². The quantitative estimate of drug-likeness (QED) is 0.291. The molecule has 0 amide bonds. The van der Waals surface area contributed by atoms with E-state index >= 15 is 0 Å². The second-order valence-corrected chi connectivity index (χ2v) is 15.3. The second kappa shape index (κ2) is 8.76. The van der Waals surface area contributed by atoms with Gasteiger partial charge in [0.2, 0.25) is 0 Å². The molecule has 0 atom stereocenters. The third kappa shape index (κ3) is 9.46. The van der Waals surface area contributed by atoms with Crippen molar-refractivity contribution in [2.24, 2.45) is 0 Å². The van der Waals surface area contributed by atoms with Gasteiger partial charge in [0.25, 0.3) is 0 Å². The molecule has 0 bridgehead atoms. The van der Waals surface area contributed by atoms with Crippen LogP contribution in [0.2, 0.25) is 38.3 Å². The van der Waals surface area contributed by atoms with E-state index < -0.39 is 16.6 Å². The number of aliphatic hydroxyl groups is 1. The maximum Gasteiger partial charge on any atom is 0.333 e. The first-order valence-electron chi connectivity index (χ1n) is 7.23. The predicted molar refractivity (Wildman–Crippen MR) is 87.8 cm³/mol. The van der Waals surface area contributed by atoms with Crippen molar-refractivity contribution in [2.45, 2.75) is 58.0 Å². The molecule has 20 heavy (non-hydrogen) atoms. The Balaban J connectivity index is 4.06. The molecule has 0 aliphatic heterocycles. The number of rotatable bonds is 10. The number of hydrogen-bond acceptors (Lipinski definition) is 4. The van der Waals surface area contributed by atoms with Gasteiger partial charge in [0.15, 0.2) is 16.6 Å². The van der Waals surface area contributed by atoms with Crippen LogP contribution in [-0.2, 0) is 13.6 Å². The highest BCUT2D eigenvalue weighted by atomic mass is 28.4. The van der Waals surface area contributed by atoms with Gasteiger partial charge in [0.1, 0.15) is 0 Å². The monoisotopic (exact) mass is 318 g/mol. The van der Waals surface area contributed by atoms with E-state index in [2.05, 4.69) is 32.8 Å². The molecule has 0 saturated carbocycles. The van der Waals surface area contributed by atoms with E-state index in [1.807, 2.05) is 0 Å². The van der Waals surface area contributed by atoms with Gasteiger partial charge in [0.05, 0.1) is 6.61 Å². The number of carbonyl (C=O) groups excluding carboxylic acids is 1. The largest absolute Gasteiger partial charge is 0.462 e. The predicted octanol–water partition coefficient (Wildman–Crippen LogP) is 3.31. The zero-order chi connectivity index (χ0) is 15.8. The van der Waals surface area contributed by atoms with Crippen LogP contribution in [0.1, 0.15) is 19.8 Å². The van der Waals surface area contributed by atoms with Crippen LogP contribution in [0.25, 0.3) is 0 Å². The smallest absolute Gasteiger partial charge is 0.333 e. The fraction of sp³-hybridized carbons (Fsp3) is 0.786. The average Bonchev–Trinajstić information content (AvgIpc) is 2.30. The minimum atomic E-state index is -1.72. The lowest BCUT2D eigenvalue weighted by molar-refractivity contribution is -0.138. The van der Waals surface area contributed by atoms with Gasteiger partial charge in [0, 0.05) is 12.2 Å². The van der Waals surface area contributed by atoms with E-state index in [0.717, 1.165) is 24.9 Å². The summed E-state index contributed by atoms with van der Waals surface area (Å²) in [5.74, 6) is -0.317. The Morgan fingerprint density at radius 1 is 1.10 bits per heavy atom.